The van der Waals surface area contributed by atoms with Gasteiger partial charge in [0.2, 0.25) is 0 Å². The van der Waals surface area contributed by atoms with Gasteiger partial charge in [-0.15, -0.1) is 0 Å². The number of carbonyl (C=O) groups is 2. The summed E-state index contributed by atoms with van der Waals surface area (Å²) in [5.41, 5.74) is -0.741. The summed E-state index contributed by atoms with van der Waals surface area (Å²) in [4.78, 5) is 24.5. The number of hydrogen-bond acceptors (Lipinski definition) is 2. The molecule has 1 aromatic rings. The zero-order valence-electron chi connectivity index (χ0n) is 13.5. The van der Waals surface area contributed by atoms with Gasteiger partial charge >= 0.3 is 18.3 Å². The fraction of sp³-hybridized carbons (Fsp3) is 0.500. The van der Waals surface area contributed by atoms with Crippen LogP contribution in [0, 0.1) is 5.92 Å². The zero-order valence-corrected chi connectivity index (χ0v) is 13.5. The normalized spacial score (nSPS) is 16.5. The minimum Gasteiger partial charge on any atom is -0.348 e. The molecule has 1 aliphatic heterocycles. The Bertz CT molecular complexity index is 646. The molecular weight excluding hydrogens is 366 g/mol. The SMILES string of the molecule is O=C(c1ccc(C(F)(F)F)cc1)N1CCC(CNC(=O)C(F)(F)F)CC1. The highest BCUT2D eigenvalue weighted by Crippen LogP contribution is 2.29. The van der Waals surface area contributed by atoms with Gasteiger partial charge in [0.25, 0.3) is 5.91 Å². The second kappa shape index (κ2) is 7.55. The maximum atomic E-state index is 12.5. The van der Waals surface area contributed by atoms with E-state index in [1.165, 1.54) is 4.90 Å². The molecule has 0 unspecified atom stereocenters. The number of nitrogens with zero attached hydrogens (tertiary/aromatic N) is 1. The molecule has 1 aliphatic rings. The van der Waals surface area contributed by atoms with Gasteiger partial charge in [-0.2, -0.15) is 26.3 Å². The number of alkyl halides is 6. The third-order valence-electron chi connectivity index (χ3n) is 4.17. The van der Waals surface area contributed by atoms with Crippen LogP contribution < -0.4 is 5.32 Å². The Hall–Kier alpha value is -2.26. The average molecular weight is 382 g/mol. The average Bonchev–Trinajstić information content (AvgIpc) is 2.58. The van der Waals surface area contributed by atoms with Crippen molar-refractivity contribution in [2.45, 2.75) is 25.2 Å². The van der Waals surface area contributed by atoms with Crippen molar-refractivity contribution < 1.29 is 35.9 Å². The van der Waals surface area contributed by atoms with Gasteiger partial charge in [0.05, 0.1) is 5.56 Å². The molecule has 1 saturated heterocycles. The zero-order chi connectivity index (χ0) is 19.5. The summed E-state index contributed by atoms with van der Waals surface area (Å²) in [7, 11) is 0. The van der Waals surface area contributed by atoms with Gasteiger partial charge in [0, 0.05) is 25.2 Å². The van der Waals surface area contributed by atoms with E-state index in [2.05, 4.69) is 0 Å². The molecule has 0 aromatic heterocycles. The minimum atomic E-state index is -4.93. The van der Waals surface area contributed by atoms with Crippen LogP contribution in [0.4, 0.5) is 26.3 Å². The van der Waals surface area contributed by atoms with Crippen LogP contribution in [0.2, 0.25) is 0 Å². The van der Waals surface area contributed by atoms with Crippen molar-refractivity contribution in [3.05, 3.63) is 35.4 Å². The van der Waals surface area contributed by atoms with Crippen LogP contribution >= 0.6 is 0 Å². The van der Waals surface area contributed by atoms with Gasteiger partial charge in [-0.05, 0) is 43.0 Å². The lowest BCUT2D eigenvalue weighted by atomic mass is 9.96. The van der Waals surface area contributed by atoms with Crippen LogP contribution in [-0.4, -0.2) is 42.5 Å². The van der Waals surface area contributed by atoms with E-state index in [-0.39, 0.29) is 31.1 Å². The van der Waals surface area contributed by atoms with Crippen molar-refractivity contribution in [2.75, 3.05) is 19.6 Å². The van der Waals surface area contributed by atoms with E-state index >= 15 is 0 Å². The molecule has 1 aromatic carbocycles. The molecular formula is C16H16F6N2O2. The Morgan fingerprint density at radius 1 is 1.00 bits per heavy atom. The van der Waals surface area contributed by atoms with Gasteiger partial charge in [0.1, 0.15) is 0 Å². The molecule has 10 heteroatoms. The molecule has 2 rings (SSSR count). The second-order valence-electron chi connectivity index (χ2n) is 6.02. The summed E-state index contributed by atoms with van der Waals surface area (Å²) in [6.45, 7) is 0.374. The highest BCUT2D eigenvalue weighted by Gasteiger charge is 2.38. The number of hydrogen-bond donors (Lipinski definition) is 1. The third kappa shape index (κ3) is 5.12. The molecule has 2 amide bonds. The summed E-state index contributed by atoms with van der Waals surface area (Å²) in [5, 5.41) is 1.81. The lowest BCUT2D eigenvalue weighted by molar-refractivity contribution is -0.173. The quantitative estimate of drug-likeness (QED) is 0.816. The summed E-state index contributed by atoms with van der Waals surface area (Å²) >= 11 is 0. The van der Waals surface area contributed by atoms with E-state index in [4.69, 9.17) is 0 Å². The first-order chi connectivity index (χ1) is 12.0. The van der Waals surface area contributed by atoms with Gasteiger partial charge in [-0.3, -0.25) is 9.59 Å². The van der Waals surface area contributed by atoms with Crippen molar-refractivity contribution in [3.63, 3.8) is 0 Å². The monoisotopic (exact) mass is 382 g/mol. The molecule has 0 radical (unpaired) electrons. The molecule has 0 atom stereocenters. The number of likely N-dealkylation sites (tertiary alicyclic amines) is 1. The van der Waals surface area contributed by atoms with E-state index in [0.717, 1.165) is 24.3 Å². The molecule has 1 N–H and O–H groups in total. The van der Waals surface area contributed by atoms with E-state index < -0.39 is 29.7 Å². The van der Waals surface area contributed by atoms with Crippen molar-refractivity contribution in [2.24, 2.45) is 5.92 Å². The van der Waals surface area contributed by atoms with Crippen LogP contribution in [0.5, 0.6) is 0 Å². The third-order valence-corrected chi connectivity index (χ3v) is 4.17. The minimum absolute atomic E-state index is 0.113. The smallest absolute Gasteiger partial charge is 0.348 e. The molecule has 1 heterocycles. The topological polar surface area (TPSA) is 49.4 Å². The number of amides is 2. The van der Waals surface area contributed by atoms with Crippen molar-refractivity contribution in [1.29, 1.82) is 0 Å². The molecule has 0 bridgehead atoms. The van der Waals surface area contributed by atoms with Crippen LogP contribution in [0.25, 0.3) is 0 Å². The molecule has 0 saturated carbocycles. The lowest BCUT2D eigenvalue weighted by Gasteiger charge is -2.32. The largest absolute Gasteiger partial charge is 0.471 e. The van der Waals surface area contributed by atoms with E-state index in [9.17, 15) is 35.9 Å². The van der Waals surface area contributed by atoms with Crippen molar-refractivity contribution in [3.8, 4) is 0 Å². The molecule has 144 valence electrons. The number of carbonyl (C=O) groups excluding carboxylic acids is 2. The van der Waals surface area contributed by atoms with Gasteiger partial charge in [-0.25, -0.2) is 0 Å². The predicted octanol–water partition coefficient (Wildman–Crippen LogP) is 3.24. The van der Waals surface area contributed by atoms with Crippen molar-refractivity contribution >= 4 is 11.8 Å². The summed E-state index contributed by atoms with van der Waals surface area (Å²) in [6.07, 6.45) is -8.63. The highest BCUT2D eigenvalue weighted by molar-refractivity contribution is 5.94. The first-order valence-electron chi connectivity index (χ1n) is 7.80. The molecule has 0 spiro atoms. The first kappa shape index (κ1) is 20.1. The summed E-state index contributed by atoms with van der Waals surface area (Å²) in [6, 6.07) is 3.85. The van der Waals surface area contributed by atoms with Crippen LogP contribution in [0.15, 0.2) is 24.3 Å². The fourth-order valence-electron chi connectivity index (χ4n) is 2.66. The number of rotatable bonds is 3. The first-order valence-corrected chi connectivity index (χ1v) is 7.80. The predicted molar refractivity (Wildman–Crippen MR) is 79.1 cm³/mol. The number of piperidine rings is 1. The summed E-state index contributed by atoms with van der Waals surface area (Å²) < 4.78 is 74.0. The van der Waals surface area contributed by atoms with E-state index in [0.29, 0.717) is 12.8 Å². The molecule has 1 fully saturated rings. The standard InChI is InChI=1S/C16H16F6N2O2/c17-15(18,19)12-3-1-11(2-4-12)13(25)24-7-5-10(6-8-24)9-23-14(26)16(20,21)22/h1-4,10H,5-9H2,(H,23,26). The molecule has 26 heavy (non-hydrogen) atoms. The maximum absolute atomic E-state index is 12.5. The molecule has 4 nitrogen and oxygen atoms in total. The Kier molecular flexibility index (Phi) is 5.82. The van der Waals surface area contributed by atoms with Gasteiger partial charge in [0.15, 0.2) is 0 Å². The maximum Gasteiger partial charge on any atom is 0.471 e. The van der Waals surface area contributed by atoms with E-state index in [1.807, 2.05) is 5.32 Å². The van der Waals surface area contributed by atoms with Crippen LogP contribution in [0.3, 0.4) is 0 Å². The van der Waals surface area contributed by atoms with Gasteiger partial charge < -0.3 is 10.2 Å². The number of benzene rings is 1. The van der Waals surface area contributed by atoms with E-state index in [1.54, 1.807) is 0 Å². The Morgan fingerprint density at radius 3 is 2.00 bits per heavy atom. The van der Waals surface area contributed by atoms with Crippen LogP contribution in [-0.2, 0) is 11.0 Å². The fourth-order valence-corrected chi connectivity index (χ4v) is 2.66. The number of halogens is 6. The Balaban J connectivity index is 1.85. The molecule has 0 aliphatic carbocycles. The highest BCUT2D eigenvalue weighted by atomic mass is 19.4. The number of nitrogens with one attached hydrogen (secondary N) is 1. The van der Waals surface area contributed by atoms with Gasteiger partial charge in [-0.1, -0.05) is 0 Å². The van der Waals surface area contributed by atoms with Crippen LogP contribution in [0.1, 0.15) is 28.8 Å². The lowest BCUT2D eigenvalue weighted by Crippen LogP contribution is -2.44. The van der Waals surface area contributed by atoms with Crippen molar-refractivity contribution in [1.82, 2.24) is 10.2 Å². The summed E-state index contributed by atoms with van der Waals surface area (Å²) in [5.74, 6) is -2.63. The Morgan fingerprint density at radius 2 is 1.54 bits per heavy atom. The second-order valence-corrected chi connectivity index (χ2v) is 6.02. The Labute approximate surface area is 145 Å².